The molecular formula is C29H23F2N3. The summed E-state index contributed by atoms with van der Waals surface area (Å²) >= 11 is 0. The molecular weight excluding hydrogens is 428 g/mol. The van der Waals surface area contributed by atoms with Gasteiger partial charge in [-0.25, -0.2) is 18.7 Å². The van der Waals surface area contributed by atoms with Crippen LogP contribution in [-0.4, -0.2) is 14.5 Å². The number of hydrogen-bond donors (Lipinski definition) is 0. The molecule has 0 N–H and O–H groups in total. The zero-order valence-corrected chi connectivity index (χ0v) is 18.6. The highest BCUT2D eigenvalue weighted by Gasteiger charge is 2.19. The number of nitrogens with zero attached hydrogens (tertiary/aromatic N) is 3. The molecule has 4 aliphatic rings. The highest BCUT2D eigenvalue weighted by Crippen LogP contribution is 2.33. The van der Waals surface area contributed by atoms with E-state index in [1.165, 1.54) is 34.4 Å². The van der Waals surface area contributed by atoms with Crippen molar-refractivity contribution in [2.75, 3.05) is 0 Å². The first-order valence-corrected chi connectivity index (χ1v) is 11.6. The molecule has 2 aromatic rings. The monoisotopic (exact) mass is 451 g/mol. The van der Waals surface area contributed by atoms with Gasteiger partial charge in [0.2, 0.25) is 0 Å². The van der Waals surface area contributed by atoms with Crippen LogP contribution in [0.25, 0.3) is 28.9 Å². The Morgan fingerprint density at radius 3 is 2.71 bits per heavy atom. The van der Waals surface area contributed by atoms with Crippen LogP contribution in [0.2, 0.25) is 0 Å². The molecule has 0 spiro atoms. The van der Waals surface area contributed by atoms with E-state index in [4.69, 9.17) is 0 Å². The summed E-state index contributed by atoms with van der Waals surface area (Å²) in [5, 5.41) is 0. The molecule has 6 rings (SSSR count). The average molecular weight is 452 g/mol. The van der Waals surface area contributed by atoms with Gasteiger partial charge < -0.3 is 4.57 Å². The van der Waals surface area contributed by atoms with Crippen molar-refractivity contribution in [3.63, 3.8) is 0 Å². The van der Waals surface area contributed by atoms with Crippen molar-refractivity contribution in [1.82, 2.24) is 14.5 Å². The molecule has 1 atom stereocenters. The number of hydrogen-bond acceptors (Lipinski definition) is 2. The zero-order valence-electron chi connectivity index (χ0n) is 18.6. The summed E-state index contributed by atoms with van der Waals surface area (Å²) in [4.78, 5) is 8.82. The third-order valence-electron chi connectivity index (χ3n) is 6.70. The Bertz CT molecular complexity index is 1440. The molecule has 2 aromatic carbocycles. The third kappa shape index (κ3) is 3.87. The first-order chi connectivity index (χ1) is 16.6. The molecule has 0 amide bonds. The molecule has 2 heterocycles. The van der Waals surface area contributed by atoms with E-state index in [9.17, 15) is 8.78 Å². The molecule has 0 fully saturated rings. The number of aromatic nitrogens is 3. The molecule has 0 bridgehead atoms. The highest BCUT2D eigenvalue weighted by molar-refractivity contribution is 5.70. The van der Waals surface area contributed by atoms with Crippen molar-refractivity contribution in [3.05, 3.63) is 113 Å². The van der Waals surface area contributed by atoms with Crippen molar-refractivity contribution >= 4 is 6.08 Å². The Morgan fingerprint density at radius 1 is 0.971 bits per heavy atom. The van der Waals surface area contributed by atoms with Crippen molar-refractivity contribution in [1.29, 1.82) is 0 Å². The van der Waals surface area contributed by atoms with Crippen LogP contribution in [0.4, 0.5) is 8.78 Å². The SMILES string of the molecule is Fc1cccc(-c2nc3ccn(CCC4C=CC(C5=Cc6ccccc6C5)=CC4)cc-3n2)c1F. The maximum absolute atomic E-state index is 14.1. The first kappa shape index (κ1) is 20.7. The van der Waals surface area contributed by atoms with Crippen LogP contribution >= 0.6 is 0 Å². The van der Waals surface area contributed by atoms with Crippen molar-refractivity contribution in [3.8, 4) is 22.8 Å². The average Bonchev–Trinajstić information content (AvgIpc) is 3.48. The summed E-state index contributed by atoms with van der Waals surface area (Å²) in [6.07, 6.45) is 16.2. The second-order valence-electron chi connectivity index (χ2n) is 8.95. The van der Waals surface area contributed by atoms with Crippen molar-refractivity contribution in [2.24, 2.45) is 5.92 Å². The molecule has 0 saturated carbocycles. The molecule has 168 valence electrons. The van der Waals surface area contributed by atoms with Gasteiger partial charge in [0.1, 0.15) is 5.69 Å². The Morgan fingerprint density at radius 2 is 1.85 bits per heavy atom. The number of halogens is 2. The van der Waals surface area contributed by atoms with Gasteiger partial charge in [0.25, 0.3) is 0 Å². The summed E-state index contributed by atoms with van der Waals surface area (Å²) in [5.41, 5.74) is 6.90. The third-order valence-corrected chi connectivity index (χ3v) is 6.70. The Hall–Kier alpha value is -3.86. The number of aryl methyl sites for hydroxylation is 1. The Labute approximate surface area is 197 Å². The van der Waals surface area contributed by atoms with E-state index in [0.29, 0.717) is 17.3 Å². The maximum atomic E-state index is 14.1. The van der Waals surface area contributed by atoms with Gasteiger partial charge in [0.05, 0.1) is 11.3 Å². The van der Waals surface area contributed by atoms with Crippen LogP contribution < -0.4 is 0 Å². The lowest BCUT2D eigenvalue weighted by atomic mass is 9.90. The minimum Gasteiger partial charge on any atom is -0.352 e. The lowest BCUT2D eigenvalue weighted by Crippen LogP contribution is -2.07. The number of allylic oxidation sites excluding steroid dienone is 5. The van der Waals surface area contributed by atoms with E-state index < -0.39 is 11.6 Å². The van der Waals surface area contributed by atoms with Gasteiger partial charge >= 0.3 is 0 Å². The zero-order chi connectivity index (χ0) is 23.1. The molecule has 1 unspecified atom stereocenters. The van der Waals surface area contributed by atoms with Crippen LogP contribution in [0.1, 0.15) is 24.0 Å². The molecule has 0 radical (unpaired) electrons. The summed E-state index contributed by atoms with van der Waals surface area (Å²) in [5.74, 6) is -1.12. The number of pyridine rings is 1. The normalized spacial score (nSPS) is 17.1. The summed E-state index contributed by atoms with van der Waals surface area (Å²) in [7, 11) is 0. The fourth-order valence-corrected chi connectivity index (χ4v) is 4.78. The largest absolute Gasteiger partial charge is 0.352 e. The number of benzene rings is 2. The molecule has 2 aliphatic carbocycles. The fourth-order valence-electron chi connectivity index (χ4n) is 4.78. The number of imidazole rings is 1. The first-order valence-electron chi connectivity index (χ1n) is 11.6. The number of rotatable bonds is 5. The lowest BCUT2D eigenvalue weighted by Gasteiger charge is -2.18. The van der Waals surface area contributed by atoms with Gasteiger partial charge in [0.15, 0.2) is 17.5 Å². The maximum Gasteiger partial charge on any atom is 0.169 e. The van der Waals surface area contributed by atoms with Crippen LogP contribution in [0, 0.1) is 17.6 Å². The quantitative estimate of drug-likeness (QED) is 0.332. The van der Waals surface area contributed by atoms with Crippen LogP contribution in [0.15, 0.2) is 90.3 Å². The summed E-state index contributed by atoms with van der Waals surface area (Å²) < 4.78 is 29.8. The predicted octanol–water partition coefficient (Wildman–Crippen LogP) is 6.86. The molecule has 34 heavy (non-hydrogen) atoms. The second-order valence-corrected chi connectivity index (χ2v) is 8.95. The van der Waals surface area contributed by atoms with E-state index in [1.807, 2.05) is 18.5 Å². The minimum absolute atomic E-state index is 0.0816. The molecule has 5 heteroatoms. The van der Waals surface area contributed by atoms with Crippen LogP contribution in [0.3, 0.4) is 0 Å². The lowest BCUT2D eigenvalue weighted by molar-refractivity contribution is 0.510. The Kier molecular flexibility index (Phi) is 5.17. The molecule has 3 nitrogen and oxygen atoms in total. The predicted molar refractivity (Wildman–Crippen MR) is 130 cm³/mol. The van der Waals surface area contributed by atoms with Gasteiger partial charge in [-0.2, -0.15) is 0 Å². The summed E-state index contributed by atoms with van der Waals surface area (Å²) in [6.45, 7) is 0.846. The fraction of sp³-hybridized carbons (Fsp3) is 0.172. The van der Waals surface area contributed by atoms with Gasteiger partial charge in [-0.15, -0.1) is 0 Å². The van der Waals surface area contributed by atoms with Gasteiger partial charge in [-0.3, -0.25) is 0 Å². The van der Waals surface area contributed by atoms with E-state index in [1.54, 1.807) is 0 Å². The van der Waals surface area contributed by atoms with Gasteiger partial charge in [0, 0.05) is 18.9 Å². The topological polar surface area (TPSA) is 30.7 Å². The van der Waals surface area contributed by atoms with E-state index >= 15 is 0 Å². The summed E-state index contributed by atoms with van der Waals surface area (Å²) in [6, 6.07) is 14.5. The highest BCUT2D eigenvalue weighted by atomic mass is 19.2. The van der Waals surface area contributed by atoms with Gasteiger partial charge in [-0.1, -0.05) is 54.6 Å². The van der Waals surface area contributed by atoms with Crippen molar-refractivity contribution in [2.45, 2.75) is 25.8 Å². The number of fused-ring (bicyclic) bond motifs is 2. The molecule has 2 aliphatic heterocycles. The molecule has 0 aromatic heterocycles. The van der Waals surface area contributed by atoms with E-state index in [-0.39, 0.29) is 11.4 Å². The smallest absolute Gasteiger partial charge is 0.169 e. The minimum atomic E-state index is -0.917. The van der Waals surface area contributed by atoms with Gasteiger partial charge in [-0.05, 0) is 65.7 Å². The standard InChI is InChI=1S/C29H23F2N3/c30-25-7-3-6-24(28(25)31)29-32-26-13-15-34(18-27(26)33-29)14-12-19-8-10-20(11-9-19)23-16-21-4-1-2-5-22(21)17-23/h1-8,10-11,13,15-16,18-19H,9,12,14,17H2. The van der Waals surface area contributed by atoms with Crippen molar-refractivity contribution < 1.29 is 8.78 Å². The molecule has 0 saturated heterocycles. The van der Waals surface area contributed by atoms with Crippen LogP contribution in [0.5, 0.6) is 0 Å². The second kappa shape index (κ2) is 8.49. The Balaban J connectivity index is 1.11. The van der Waals surface area contributed by atoms with E-state index in [0.717, 1.165) is 31.9 Å². The van der Waals surface area contributed by atoms with E-state index in [2.05, 4.69) is 63.1 Å². The van der Waals surface area contributed by atoms with Crippen LogP contribution in [-0.2, 0) is 13.0 Å².